The van der Waals surface area contributed by atoms with Gasteiger partial charge in [0.25, 0.3) is 0 Å². The molecule has 1 fully saturated rings. The van der Waals surface area contributed by atoms with Crippen LogP contribution in [0.3, 0.4) is 0 Å². The van der Waals surface area contributed by atoms with E-state index in [0.29, 0.717) is 11.7 Å². The SMILES string of the molecule is Cc1ccc(C=O)cc1OC1CCCCC1. The van der Waals surface area contributed by atoms with Crippen molar-refractivity contribution in [3.05, 3.63) is 29.3 Å². The largest absolute Gasteiger partial charge is 0.490 e. The van der Waals surface area contributed by atoms with E-state index in [1.54, 1.807) is 0 Å². The highest BCUT2D eigenvalue weighted by Crippen LogP contribution is 2.26. The first-order chi connectivity index (χ1) is 7.79. The molecule has 2 rings (SSSR count). The summed E-state index contributed by atoms with van der Waals surface area (Å²) >= 11 is 0. The molecule has 1 aliphatic rings. The molecule has 1 saturated carbocycles. The molecule has 0 atom stereocenters. The van der Waals surface area contributed by atoms with E-state index in [1.165, 1.54) is 19.3 Å². The molecule has 0 spiro atoms. The predicted octanol–water partition coefficient (Wildman–Crippen LogP) is 3.52. The van der Waals surface area contributed by atoms with E-state index in [-0.39, 0.29) is 0 Å². The number of aryl methyl sites for hydroxylation is 1. The maximum absolute atomic E-state index is 10.7. The summed E-state index contributed by atoms with van der Waals surface area (Å²) in [7, 11) is 0. The van der Waals surface area contributed by atoms with E-state index in [2.05, 4.69) is 0 Å². The number of benzene rings is 1. The van der Waals surface area contributed by atoms with Crippen LogP contribution in [-0.2, 0) is 0 Å². The van der Waals surface area contributed by atoms with E-state index in [9.17, 15) is 4.79 Å². The molecule has 0 aliphatic heterocycles. The third-order valence-electron chi connectivity index (χ3n) is 3.19. The molecule has 0 unspecified atom stereocenters. The van der Waals surface area contributed by atoms with Gasteiger partial charge in [0, 0.05) is 5.56 Å². The lowest BCUT2D eigenvalue weighted by Crippen LogP contribution is -2.20. The third-order valence-corrected chi connectivity index (χ3v) is 3.19. The van der Waals surface area contributed by atoms with Crippen LogP contribution in [0.1, 0.15) is 48.0 Å². The van der Waals surface area contributed by atoms with Gasteiger partial charge in [-0.3, -0.25) is 4.79 Å². The van der Waals surface area contributed by atoms with Crippen LogP contribution in [0, 0.1) is 6.92 Å². The van der Waals surface area contributed by atoms with Crippen molar-refractivity contribution < 1.29 is 9.53 Å². The molecule has 2 nitrogen and oxygen atoms in total. The summed E-state index contributed by atoms with van der Waals surface area (Å²) < 4.78 is 5.97. The number of hydrogen-bond acceptors (Lipinski definition) is 2. The Morgan fingerprint density at radius 2 is 2.00 bits per heavy atom. The number of carbonyl (C=O) groups excluding carboxylic acids is 1. The number of hydrogen-bond donors (Lipinski definition) is 0. The Labute approximate surface area is 96.6 Å². The fourth-order valence-corrected chi connectivity index (χ4v) is 2.18. The second-order valence-corrected chi connectivity index (χ2v) is 4.52. The standard InChI is InChI=1S/C14H18O2/c1-11-7-8-12(10-15)9-14(11)16-13-5-3-2-4-6-13/h7-10,13H,2-6H2,1H3. The summed E-state index contributed by atoms with van der Waals surface area (Å²) in [6.45, 7) is 2.02. The summed E-state index contributed by atoms with van der Waals surface area (Å²) in [6, 6.07) is 5.62. The molecule has 0 bridgehead atoms. The highest BCUT2D eigenvalue weighted by molar-refractivity contribution is 5.75. The van der Waals surface area contributed by atoms with Gasteiger partial charge in [-0.1, -0.05) is 18.6 Å². The highest BCUT2D eigenvalue weighted by atomic mass is 16.5. The highest BCUT2D eigenvalue weighted by Gasteiger charge is 2.15. The van der Waals surface area contributed by atoms with Gasteiger partial charge in [-0.15, -0.1) is 0 Å². The Hall–Kier alpha value is -1.31. The van der Waals surface area contributed by atoms with Crippen LogP contribution in [0.25, 0.3) is 0 Å². The first kappa shape index (κ1) is 11.2. The molecular formula is C14H18O2. The molecule has 0 heterocycles. The Balaban J connectivity index is 2.09. The summed E-state index contributed by atoms with van der Waals surface area (Å²) in [6.07, 6.45) is 7.35. The molecule has 0 aromatic heterocycles. The quantitative estimate of drug-likeness (QED) is 0.725. The van der Waals surface area contributed by atoms with Crippen LogP contribution in [0.2, 0.25) is 0 Å². The molecule has 16 heavy (non-hydrogen) atoms. The predicted molar refractivity (Wildman–Crippen MR) is 64.1 cm³/mol. The number of ether oxygens (including phenoxy) is 1. The summed E-state index contributed by atoms with van der Waals surface area (Å²) in [5.74, 6) is 0.872. The van der Waals surface area contributed by atoms with Crippen molar-refractivity contribution in [1.82, 2.24) is 0 Å². The van der Waals surface area contributed by atoms with Crippen LogP contribution < -0.4 is 4.74 Å². The van der Waals surface area contributed by atoms with Gasteiger partial charge >= 0.3 is 0 Å². The smallest absolute Gasteiger partial charge is 0.150 e. The van der Waals surface area contributed by atoms with Gasteiger partial charge in [0.2, 0.25) is 0 Å². The second kappa shape index (κ2) is 5.15. The van der Waals surface area contributed by atoms with Crippen molar-refractivity contribution >= 4 is 6.29 Å². The lowest BCUT2D eigenvalue weighted by molar-refractivity contribution is 0.112. The van der Waals surface area contributed by atoms with Crippen LogP contribution in [-0.4, -0.2) is 12.4 Å². The maximum atomic E-state index is 10.7. The average Bonchev–Trinajstić information content (AvgIpc) is 2.33. The van der Waals surface area contributed by atoms with E-state index < -0.39 is 0 Å². The number of aldehydes is 1. The van der Waals surface area contributed by atoms with Crippen LogP contribution in [0.4, 0.5) is 0 Å². The van der Waals surface area contributed by atoms with Crippen molar-refractivity contribution in [2.75, 3.05) is 0 Å². The average molecular weight is 218 g/mol. The molecule has 1 aromatic rings. The van der Waals surface area contributed by atoms with Crippen molar-refractivity contribution in [3.63, 3.8) is 0 Å². The Morgan fingerprint density at radius 1 is 1.25 bits per heavy atom. The molecule has 1 aromatic carbocycles. The zero-order chi connectivity index (χ0) is 11.4. The molecule has 0 N–H and O–H groups in total. The van der Waals surface area contributed by atoms with E-state index in [0.717, 1.165) is 30.4 Å². The van der Waals surface area contributed by atoms with Gasteiger partial charge in [-0.2, -0.15) is 0 Å². The normalized spacial score (nSPS) is 17.1. The summed E-state index contributed by atoms with van der Waals surface area (Å²) in [4.78, 5) is 10.7. The van der Waals surface area contributed by atoms with Gasteiger partial charge in [0.05, 0.1) is 6.10 Å². The molecule has 1 aliphatic carbocycles. The Bertz CT molecular complexity index is 365. The van der Waals surface area contributed by atoms with Crippen LogP contribution >= 0.6 is 0 Å². The Kier molecular flexibility index (Phi) is 3.60. The number of rotatable bonds is 3. The van der Waals surface area contributed by atoms with Gasteiger partial charge in [0.1, 0.15) is 12.0 Å². The third kappa shape index (κ3) is 2.63. The second-order valence-electron chi connectivity index (χ2n) is 4.52. The van der Waals surface area contributed by atoms with Crippen LogP contribution in [0.15, 0.2) is 18.2 Å². The fraction of sp³-hybridized carbons (Fsp3) is 0.500. The molecule has 0 radical (unpaired) electrons. The van der Waals surface area contributed by atoms with Crippen LogP contribution in [0.5, 0.6) is 5.75 Å². The molecule has 0 amide bonds. The lowest BCUT2D eigenvalue weighted by atomic mass is 9.97. The Morgan fingerprint density at radius 3 is 2.69 bits per heavy atom. The first-order valence-electron chi connectivity index (χ1n) is 6.02. The van der Waals surface area contributed by atoms with Gasteiger partial charge in [-0.25, -0.2) is 0 Å². The first-order valence-corrected chi connectivity index (χ1v) is 6.02. The van der Waals surface area contributed by atoms with E-state index in [1.807, 2.05) is 25.1 Å². The molecule has 0 saturated heterocycles. The molecular weight excluding hydrogens is 200 g/mol. The minimum Gasteiger partial charge on any atom is -0.490 e. The lowest BCUT2D eigenvalue weighted by Gasteiger charge is -2.24. The monoisotopic (exact) mass is 218 g/mol. The minimum absolute atomic E-state index is 0.342. The van der Waals surface area contributed by atoms with Gasteiger partial charge in [-0.05, 0) is 44.2 Å². The fourth-order valence-electron chi connectivity index (χ4n) is 2.18. The van der Waals surface area contributed by atoms with Crippen molar-refractivity contribution in [2.45, 2.75) is 45.1 Å². The topological polar surface area (TPSA) is 26.3 Å². The van der Waals surface area contributed by atoms with Crippen molar-refractivity contribution in [2.24, 2.45) is 0 Å². The zero-order valence-corrected chi connectivity index (χ0v) is 9.74. The maximum Gasteiger partial charge on any atom is 0.150 e. The van der Waals surface area contributed by atoms with Crippen molar-refractivity contribution in [1.29, 1.82) is 0 Å². The van der Waals surface area contributed by atoms with E-state index in [4.69, 9.17) is 4.74 Å². The number of carbonyl (C=O) groups is 1. The zero-order valence-electron chi connectivity index (χ0n) is 9.74. The summed E-state index contributed by atoms with van der Waals surface area (Å²) in [5.41, 5.74) is 1.80. The summed E-state index contributed by atoms with van der Waals surface area (Å²) in [5, 5.41) is 0. The minimum atomic E-state index is 0.342. The molecule has 86 valence electrons. The van der Waals surface area contributed by atoms with E-state index >= 15 is 0 Å². The van der Waals surface area contributed by atoms with Gasteiger partial charge in [0.15, 0.2) is 0 Å². The van der Waals surface area contributed by atoms with Gasteiger partial charge < -0.3 is 4.74 Å². The molecule has 2 heteroatoms. The van der Waals surface area contributed by atoms with Crippen molar-refractivity contribution in [3.8, 4) is 5.75 Å².